The van der Waals surface area contributed by atoms with E-state index < -0.39 is 29.7 Å². The van der Waals surface area contributed by atoms with Crippen molar-refractivity contribution in [2.45, 2.75) is 45.2 Å². The van der Waals surface area contributed by atoms with Crippen LogP contribution in [0.5, 0.6) is 0 Å². The summed E-state index contributed by atoms with van der Waals surface area (Å²) in [6, 6.07) is 5.82. The summed E-state index contributed by atoms with van der Waals surface area (Å²) >= 11 is 1.72. The summed E-state index contributed by atoms with van der Waals surface area (Å²) in [4.78, 5) is 28.2. The Kier molecular flexibility index (Phi) is 6.12. The van der Waals surface area contributed by atoms with Crippen LogP contribution >= 0.6 is 11.3 Å². The predicted octanol–water partition coefficient (Wildman–Crippen LogP) is 4.87. The molecule has 9 heteroatoms. The number of hydrogen-bond acceptors (Lipinski definition) is 4. The van der Waals surface area contributed by atoms with Gasteiger partial charge in [-0.2, -0.15) is 0 Å². The zero-order valence-corrected chi connectivity index (χ0v) is 19.6. The van der Waals surface area contributed by atoms with Crippen LogP contribution in [0.2, 0.25) is 0 Å². The minimum absolute atomic E-state index is 0.210. The van der Waals surface area contributed by atoms with Crippen LogP contribution < -0.4 is 5.32 Å². The summed E-state index contributed by atoms with van der Waals surface area (Å²) in [6.45, 7) is 1.88. The SMILES string of the molecule is CCOC(=O)CNC(=O)N1Cc2c(sc3c2CCCC3)-n2cccc2[C@H]1c1cc(F)cc(F)c1. The maximum atomic E-state index is 14.3. The first-order valence-corrected chi connectivity index (χ1v) is 12.2. The van der Waals surface area contributed by atoms with Crippen LogP contribution in [0.25, 0.3) is 5.00 Å². The van der Waals surface area contributed by atoms with Gasteiger partial charge in [0, 0.05) is 22.7 Å². The molecule has 1 N–H and O–H groups in total. The number of esters is 1. The van der Waals surface area contributed by atoms with Gasteiger partial charge in [0.05, 0.1) is 18.8 Å². The fourth-order valence-corrected chi connectivity index (χ4v) is 6.34. The molecule has 0 unspecified atom stereocenters. The van der Waals surface area contributed by atoms with E-state index in [0.717, 1.165) is 48.0 Å². The molecule has 0 radical (unpaired) electrons. The summed E-state index contributed by atoms with van der Waals surface area (Å²) in [6.07, 6.45) is 6.10. The molecule has 0 saturated heterocycles. The average molecular weight is 486 g/mol. The Morgan fingerprint density at radius 1 is 1.15 bits per heavy atom. The number of rotatable bonds is 4. The van der Waals surface area contributed by atoms with Crippen LogP contribution in [0, 0.1) is 11.6 Å². The van der Waals surface area contributed by atoms with Crippen molar-refractivity contribution in [3.8, 4) is 5.00 Å². The first kappa shape index (κ1) is 22.6. The summed E-state index contributed by atoms with van der Waals surface area (Å²) in [5, 5.41) is 3.68. The van der Waals surface area contributed by atoms with Crippen molar-refractivity contribution in [1.29, 1.82) is 0 Å². The lowest BCUT2D eigenvalue weighted by Crippen LogP contribution is -2.44. The number of hydrogen-bond donors (Lipinski definition) is 1. The lowest BCUT2D eigenvalue weighted by molar-refractivity contribution is -0.141. The van der Waals surface area contributed by atoms with E-state index in [2.05, 4.69) is 5.32 Å². The van der Waals surface area contributed by atoms with Crippen LogP contribution in [0.4, 0.5) is 13.6 Å². The molecule has 1 aliphatic carbocycles. The smallest absolute Gasteiger partial charge is 0.325 e. The summed E-state index contributed by atoms with van der Waals surface area (Å²) in [5.41, 5.74) is 3.38. The van der Waals surface area contributed by atoms with Crippen LogP contribution in [0.15, 0.2) is 36.5 Å². The molecule has 2 aliphatic rings. The number of carbonyl (C=O) groups excluding carboxylic acids is 2. The third kappa shape index (κ3) is 4.09. The molecule has 5 rings (SSSR count). The topological polar surface area (TPSA) is 63.6 Å². The molecule has 1 aromatic carbocycles. The summed E-state index contributed by atoms with van der Waals surface area (Å²) in [7, 11) is 0. The highest BCUT2D eigenvalue weighted by Gasteiger charge is 2.36. The van der Waals surface area contributed by atoms with Crippen LogP contribution in [0.3, 0.4) is 0 Å². The zero-order chi connectivity index (χ0) is 23.8. The van der Waals surface area contributed by atoms with E-state index in [1.807, 2.05) is 22.9 Å². The maximum absolute atomic E-state index is 14.3. The van der Waals surface area contributed by atoms with Crippen LogP contribution in [-0.4, -0.2) is 34.6 Å². The normalized spacial score (nSPS) is 16.8. The number of aromatic nitrogens is 1. The maximum Gasteiger partial charge on any atom is 0.325 e. The lowest BCUT2D eigenvalue weighted by atomic mass is 9.95. The average Bonchev–Trinajstić information content (AvgIpc) is 3.39. The Labute approximate surface area is 200 Å². The van der Waals surface area contributed by atoms with Gasteiger partial charge in [-0.3, -0.25) is 4.79 Å². The van der Waals surface area contributed by atoms with E-state index in [1.54, 1.807) is 23.2 Å². The second-order valence-electron chi connectivity index (χ2n) is 8.49. The number of nitrogens with zero attached hydrogens (tertiary/aromatic N) is 2. The summed E-state index contributed by atoms with van der Waals surface area (Å²) in [5.74, 6) is -1.97. The molecule has 178 valence electrons. The number of fused-ring (bicyclic) bond motifs is 5. The first-order chi connectivity index (χ1) is 16.5. The van der Waals surface area contributed by atoms with Crippen molar-refractivity contribution in [2.75, 3.05) is 13.2 Å². The van der Waals surface area contributed by atoms with Crippen LogP contribution in [0.1, 0.15) is 53.1 Å². The van der Waals surface area contributed by atoms with Crippen molar-refractivity contribution >= 4 is 23.3 Å². The van der Waals surface area contributed by atoms with Crippen molar-refractivity contribution in [2.24, 2.45) is 0 Å². The quantitative estimate of drug-likeness (QED) is 0.536. The van der Waals surface area contributed by atoms with E-state index >= 15 is 0 Å². The van der Waals surface area contributed by atoms with Crippen molar-refractivity contribution in [3.05, 3.63) is 75.4 Å². The van der Waals surface area contributed by atoms with Crippen molar-refractivity contribution in [3.63, 3.8) is 0 Å². The van der Waals surface area contributed by atoms with Crippen molar-refractivity contribution in [1.82, 2.24) is 14.8 Å². The molecule has 2 amide bonds. The number of amides is 2. The van der Waals surface area contributed by atoms with Gasteiger partial charge in [-0.15, -0.1) is 11.3 Å². The molecule has 0 saturated carbocycles. The number of aryl methyl sites for hydroxylation is 1. The Morgan fingerprint density at radius 2 is 1.91 bits per heavy atom. The minimum Gasteiger partial charge on any atom is -0.465 e. The molecular formula is C25H25F2N3O3S. The number of halogens is 2. The Hall–Kier alpha value is -3.20. The molecular weight excluding hydrogens is 460 g/mol. The number of carbonyl (C=O) groups is 2. The fraction of sp³-hybridized carbons (Fsp3) is 0.360. The third-order valence-corrected chi connectivity index (χ3v) is 7.66. The zero-order valence-electron chi connectivity index (χ0n) is 18.8. The number of nitrogens with one attached hydrogen (secondary N) is 1. The number of benzene rings is 1. The standard InChI is InChI=1S/C25H25F2N3O3S/c1-2-33-22(31)13-28-25(32)30-14-19-18-6-3-4-8-21(18)34-24(19)29-9-5-7-20(29)23(30)15-10-16(26)12-17(27)11-15/h5,7,9-12,23H,2-4,6,8,13-14H2,1H3,(H,28,32)/t23-/m1/s1. The molecule has 0 spiro atoms. The van der Waals surface area contributed by atoms with E-state index in [9.17, 15) is 18.4 Å². The van der Waals surface area contributed by atoms with E-state index in [-0.39, 0.29) is 19.7 Å². The molecule has 3 aromatic rings. The van der Waals surface area contributed by atoms with Crippen LogP contribution in [-0.2, 0) is 28.9 Å². The highest BCUT2D eigenvalue weighted by Crippen LogP contribution is 2.44. The largest absolute Gasteiger partial charge is 0.465 e. The third-order valence-electron chi connectivity index (χ3n) is 6.33. The van der Waals surface area contributed by atoms with E-state index in [1.165, 1.54) is 22.6 Å². The lowest BCUT2D eigenvalue weighted by Gasteiger charge is -2.31. The Bertz CT molecular complexity index is 1230. The van der Waals surface area contributed by atoms with Gasteiger partial charge in [-0.1, -0.05) is 0 Å². The Morgan fingerprint density at radius 3 is 2.68 bits per heavy atom. The number of urea groups is 1. The fourth-order valence-electron chi connectivity index (χ4n) is 4.93. The molecule has 0 bridgehead atoms. The first-order valence-electron chi connectivity index (χ1n) is 11.4. The highest BCUT2D eigenvalue weighted by atomic mass is 32.1. The number of thiophene rings is 1. The monoisotopic (exact) mass is 485 g/mol. The summed E-state index contributed by atoms with van der Waals surface area (Å²) < 4.78 is 35.5. The Balaban J connectivity index is 1.62. The van der Waals surface area contributed by atoms with Gasteiger partial charge in [-0.05, 0) is 68.0 Å². The second-order valence-corrected chi connectivity index (χ2v) is 9.58. The minimum atomic E-state index is -0.749. The van der Waals surface area contributed by atoms with Gasteiger partial charge < -0.3 is 19.5 Å². The molecule has 2 aromatic heterocycles. The molecule has 0 fully saturated rings. The van der Waals surface area contributed by atoms with Gasteiger partial charge in [0.15, 0.2) is 0 Å². The van der Waals surface area contributed by atoms with Gasteiger partial charge >= 0.3 is 12.0 Å². The molecule has 6 nitrogen and oxygen atoms in total. The highest BCUT2D eigenvalue weighted by molar-refractivity contribution is 7.15. The van der Waals surface area contributed by atoms with E-state index in [4.69, 9.17) is 4.74 Å². The van der Waals surface area contributed by atoms with Gasteiger partial charge in [0.25, 0.3) is 0 Å². The molecule has 34 heavy (non-hydrogen) atoms. The number of ether oxygens (including phenoxy) is 1. The molecule has 3 heterocycles. The van der Waals surface area contributed by atoms with Gasteiger partial charge in [0.1, 0.15) is 29.2 Å². The molecule has 1 aliphatic heterocycles. The predicted molar refractivity (Wildman–Crippen MR) is 124 cm³/mol. The van der Waals surface area contributed by atoms with Gasteiger partial charge in [0.2, 0.25) is 0 Å². The molecule has 1 atom stereocenters. The van der Waals surface area contributed by atoms with E-state index in [0.29, 0.717) is 5.56 Å². The second kappa shape index (κ2) is 9.21. The van der Waals surface area contributed by atoms with Crippen molar-refractivity contribution < 1.29 is 23.1 Å². The van der Waals surface area contributed by atoms with Gasteiger partial charge in [-0.25, -0.2) is 13.6 Å².